The number of hydrogen-bond acceptors (Lipinski definition) is 5. The van der Waals surface area contributed by atoms with E-state index < -0.39 is 11.7 Å². The molecule has 8 heteroatoms. The van der Waals surface area contributed by atoms with Crippen molar-refractivity contribution in [2.75, 3.05) is 20.0 Å². The van der Waals surface area contributed by atoms with E-state index in [0.29, 0.717) is 33.9 Å². The third kappa shape index (κ3) is 3.94. The monoisotopic (exact) mass is 399 g/mol. The number of nitrogens with zero attached hydrogens (tertiary/aromatic N) is 2. The highest BCUT2D eigenvalue weighted by molar-refractivity contribution is 5.80. The molecule has 0 unspecified atom stereocenters. The Labute approximate surface area is 165 Å². The van der Waals surface area contributed by atoms with E-state index >= 15 is 0 Å². The van der Waals surface area contributed by atoms with Crippen LogP contribution in [0, 0.1) is 11.3 Å². The van der Waals surface area contributed by atoms with Crippen LogP contribution in [0.4, 0.5) is 19.0 Å². The zero-order valence-electron chi connectivity index (χ0n) is 15.5. The molecular formula is C21H16F3N3O2. The third-order valence-electron chi connectivity index (χ3n) is 4.36. The van der Waals surface area contributed by atoms with Gasteiger partial charge in [-0.05, 0) is 42.0 Å². The van der Waals surface area contributed by atoms with Gasteiger partial charge in [0.05, 0.1) is 25.5 Å². The third-order valence-corrected chi connectivity index (χ3v) is 4.36. The summed E-state index contributed by atoms with van der Waals surface area (Å²) in [5.41, 5.74) is 7.18. The highest BCUT2D eigenvalue weighted by atomic mass is 19.4. The Bertz CT molecular complexity index is 1090. The van der Waals surface area contributed by atoms with Crippen molar-refractivity contribution in [3.63, 3.8) is 0 Å². The van der Waals surface area contributed by atoms with Gasteiger partial charge >= 0.3 is 6.18 Å². The van der Waals surface area contributed by atoms with Crippen LogP contribution in [0.2, 0.25) is 0 Å². The van der Waals surface area contributed by atoms with Crippen LogP contribution >= 0.6 is 0 Å². The second kappa shape index (κ2) is 7.72. The van der Waals surface area contributed by atoms with Crippen molar-refractivity contribution in [2.24, 2.45) is 0 Å². The molecule has 5 nitrogen and oxygen atoms in total. The average Bonchev–Trinajstić information content (AvgIpc) is 2.72. The molecule has 0 bridgehead atoms. The first-order valence-electron chi connectivity index (χ1n) is 8.39. The van der Waals surface area contributed by atoms with Crippen molar-refractivity contribution in [2.45, 2.75) is 6.18 Å². The summed E-state index contributed by atoms with van der Waals surface area (Å²) < 4.78 is 49.0. The summed E-state index contributed by atoms with van der Waals surface area (Å²) in [5, 5.41) is 9.47. The molecule has 0 saturated carbocycles. The van der Waals surface area contributed by atoms with Gasteiger partial charge in [-0.25, -0.2) is 4.98 Å². The standard InChI is InChI=1S/C21H16F3N3O2/c1-28-18-8-5-13(9-19(18)29-2)17-10-15(16(11-25)20(26)27-17)12-3-6-14(7-4-12)21(22,23)24/h3-10H,1-2H3,(H2,26,27). The van der Waals surface area contributed by atoms with Crippen LogP contribution in [0.25, 0.3) is 22.4 Å². The summed E-state index contributed by atoms with van der Waals surface area (Å²) in [6.07, 6.45) is -4.45. The molecule has 0 fully saturated rings. The molecular weight excluding hydrogens is 383 g/mol. The smallest absolute Gasteiger partial charge is 0.416 e. The van der Waals surface area contributed by atoms with E-state index in [4.69, 9.17) is 15.2 Å². The van der Waals surface area contributed by atoms with Crippen molar-refractivity contribution in [3.8, 4) is 40.0 Å². The zero-order chi connectivity index (χ0) is 21.2. The maximum atomic E-state index is 12.8. The Morgan fingerprint density at radius 3 is 2.10 bits per heavy atom. The molecule has 0 radical (unpaired) electrons. The number of nitrogen functional groups attached to an aromatic ring is 1. The van der Waals surface area contributed by atoms with Crippen molar-refractivity contribution in [3.05, 3.63) is 59.7 Å². The number of aromatic nitrogens is 1. The number of pyridine rings is 1. The van der Waals surface area contributed by atoms with Gasteiger partial charge < -0.3 is 15.2 Å². The lowest BCUT2D eigenvalue weighted by Crippen LogP contribution is -2.04. The summed E-state index contributed by atoms with van der Waals surface area (Å²) >= 11 is 0. The Morgan fingerprint density at radius 2 is 1.55 bits per heavy atom. The summed E-state index contributed by atoms with van der Waals surface area (Å²) in [6.45, 7) is 0. The van der Waals surface area contributed by atoms with E-state index in [1.807, 2.05) is 6.07 Å². The van der Waals surface area contributed by atoms with E-state index in [1.165, 1.54) is 26.4 Å². The zero-order valence-corrected chi connectivity index (χ0v) is 15.5. The highest BCUT2D eigenvalue weighted by Gasteiger charge is 2.30. The molecule has 0 aliphatic rings. The lowest BCUT2D eigenvalue weighted by molar-refractivity contribution is -0.137. The fourth-order valence-corrected chi connectivity index (χ4v) is 2.89. The fraction of sp³-hybridized carbons (Fsp3) is 0.143. The molecule has 2 N–H and O–H groups in total. The predicted octanol–water partition coefficient (Wildman–Crippen LogP) is 4.91. The van der Waals surface area contributed by atoms with E-state index in [-0.39, 0.29) is 11.4 Å². The molecule has 148 valence electrons. The van der Waals surface area contributed by atoms with Gasteiger partial charge in [0.15, 0.2) is 11.5 Å². The molecule has 0 atom stereocenters. The van der Waals surface area contributed by atoms with Crippen molar-refractivity contribution in [1.82, 2.24) is 4.98 Å². The van der Waals surface area contributed by atoms with Crippen LogP contribution in [-0.4, -0.2) is 19.2 Å². The topological polar surface area (TPSA) is 81.2 Å². The van der Waals surface area contributed by atoms with E-state index in [2.05, 4.69) is 4.98 Å². The lowest BCUT2D eigenvalue weighted by Gasteiger charge is -2.13. The Hall–Kier alpha value is -3.73. The Kier molecular flexibility index (Phi) is 5.33. The molecule has 3 aromatic rings. The van der Waals surface area contributed by atoms with Gasteiger partial charge in [0.2, 0.25) is 0 Å². The largest absolute Gasteiger partial charge is 0.493 e. The number of rotatable bonds is 4. The average molecular weight is 399 g/mol. The second-order valence-electron chi connectivity index (χ2n) is 6.07. The van der Waals surface area contributed by atoms with Gasteiger partial charge in [0.25, 0.3) is 0 Å². The van der Waals surface area contributed by atoms with Gasteiger partial charge in [0, 0.05) is 11.1 Å². The van der Waals surface area contributed by atoms with Gasteiger partial charge in [0.1, 0.15) is 17.5 Å². The first-order chi connectivity index (χ1) is 13.8. The van der Waals surface area contributed by atoms with E-state index in [9.17, 15) is 18.4 Å². The van der Waals surface area contributed by atoms with E-state index in [1.54, 1.807) is 24.3 Å². The quantitative estimate of drug-likeness (QED) is 0.675. The summed E-state index contributed by atoms with van der Waals surface area (Å²) in [4.78, 5) is 4.27. The van der Waals surface area contributed by atoms with Gasteiger partial charge in [-0.15, -0.1) is 0 Å². The van der Waals surface area contributed by atoms with Crippen LogP contribution in [0.15, 0.2) is 48.5 Å². The lowest BCUT2D eigenvalue weighted by atomic mass is 9.97. The van der Waals surface area contributed by atoms with Crippen LogP contribution in [0.5, 0.6) is 11.5 Å². The first-order valence-corrected chi connectivity index (χ1v) is 8.39. The second-order valence-corrected chi connectivity index (χ2v) is 6.07. The predicted molar refractivity (Wildman–Crippen MR) is 102 cm³/mol. The van der Waals surface area contributed by atoms with Crippen LogP contribution in [-0.2, 0) is 6.18 Å². The summed E-state index contributed by atoms with van der Waals surface area (Å²) in [6, 6.07) is 13.2. The number of halogens is 3. The number of ether oxygens (including phenoxy) is 2. The maximum absolute atomic E-state index is 12.8. The Morgan fingerprint density at radius 1 is 0.931 bits per heavy atom. The molecule has 3 rings (SSSR count). The normalized spacial score (nSPS) is 11.0. The number of methoxy groups -OCH3 is 2. The van der Waals surface area contributed by atoms with E-state index in [0.717, 1.165) is 12.1 Å². The molecule has 0 aliphatic heterocycles. The number of alkyl halides is 3. The number of hydrogen-bond donors (Lipinski definition) is 1. The van der Waals surface area contributed by atoms with Crippen molar-refractivity contribution >= 4 is 5.82 Å². The number of nitrogens with two attached hydrogens (primary N) is 1. The van der Waals surface area contributed by atoms with Gasteiger partial charge in [-0.3, -0.25) is 0 Å². The fourth-order valence-electron chi connectivity index (χ4n) is 2.89. The van der Waals surface area contributed by atoms with Crippen LogP contribution in [0.1, 0.15) is 11.1 Å². The number of benzene rings is 2. The molecule has 1 aromatic heterocycles. The minimum absolute atomic E-state index is 0.0188. The summed E-state index contributed by atoms with van der Waals surface area (Å²) in [7, 11) is 3.01. The Balaban J connectivity index is 2.14. The molecule has 0 amide bonds. The first kappa shape index (κ1) is 20.0. The molecule has 0 saturated heterocycles. The van der Waals surface area contributed by atoms with Crippen LogP contribution in [0.3, 0.4) is 0 Å². The molecule has 0 aliphatic carbocycles. The number of anilines is 1. The van der Waals surface area contributed by atoms with Gasteiger partial charge in [-0.2, -0.15) is 18.4 Å². The molecule has 29 heavy (non-hydrogen) atoms. The molecule has 1 heterocycles. The highest BCUT2D eigenvalue weighted by Crippen LogP contribution is 2.36. The van der Waals surface area contributed by atoms with Gasteiger partial charge in [-0.1, -0.05) is 12.1 Å². The summed E-state index contributed by atoms with van der Waals surface area (Å²) in [5.74, 6) is 0.987. The van der Waals surface area contributed by atoms with Crippen molar-refractivity contribution < 1.29 is 22.6 Å². The molecule has 0 spiro atoms. The minimum atomic E-state index is -4.45. The molecule has 2 aromatic carbocycles. The maximum Gasteiger partial charge on any atom is 0.416 e. The number of nitriles is 1. The van der Waals surface area contributed by atoms with Crippen LogP contribution < -0.4 is 15.2 Å². The SMILES string of the molecule is COc1ccc(-c2cc(-c3ccc(C(F)(F)F)cc3)c(C#N)c(N)n2)cc1OC. The van der Waals surface area contributed by atoms with Crippen molar-refractivity contribution in [1.29, 1.82) is 5.26 Å². The minimum Gasteiger partial charge on any atom is -0.493 e.